The van der Waals surface area contributed by atoms with Crippen LogP contribution in [-0.4, -0.2) is 54.0 Å². The standard InChI is InChI=1S/C20H29FN2O2/c1-16(25-19-10-3-2-9-18(19)21)20(24)23-14-5-4-8-17(23)11-15-22-12-6-7-13-22/h2-3,9-10,16-17H,4-8,11-15H2,1H3/t16-,17+/m0/s1. The Morgan fingerprint density at radius 1 is 1.20 bits per heavy atom. The average molecular weight is 348 g/mol. The van der Waals surface area contributed by atoms with E-state index < -0.39 is 11.9 Å². The molecule has 5 heteroatoms. The summed E-state index contributed by atoms with van der Waals surface area (Å²) in [5.74, 6) is -0.297. The number of benzene rings is 1. The maximum absolute atomic E-state index is 13.8. The number of carbonyl (C=O) groups excluding carboxylic acids is 1. The second-order valence-electron chi connectivity index (χ2n) is 7.21. The fourth-order valence-corrected chi connectivity index (χ4v) is 3.94. The van der Waals surface area contributed by atoms with Gasteiger partial charge in [-0.1, -0.05) is 12.1 Å². The highest BCUT2D eigenvalue weighted by atomic mass is 19.1. The minimum Gasteiger partial charge on any atom is -0.478 e. The number of likely N-dealkylation sites (tertiary alicyclic amines) is 2. The van der Waals surface area contributed by atoms with E-state index in [1.165, 1.54) is 38.4 Å². The molecule has 2 heterocycles. The summed E-state index contributed by atoms with van der Waals surface area (Å²) in [6.07, 6.45) is 6.23. The molecule has 0 saturated carbocycles. The van der Waals surface area contributed by atoms with Crippen molar-refractivity contribution in [1.29, 1.82) is 0 Å². The molecule has 0 spiro atoms. The lowest BCUT2D eigenvalue weighted by molar-refractivity contribution is -0.142. The van der Waals surface area contributed by atoms with Gasteiger partial charge in [0.25, 0.3) is 5.91 Å². The zero-order valence-corrected chi connectivity index (χ0v) is 15.1. The first kappa shape index (κ1) is 18.2. The van der Waals surface area contributed by atoms with Crippen LogP contribution in [0.15, 0.2) is 24.3 Å². The number of nitrogens with zero attached hydrogens (tertiary/aromatic N) is 2. The molecular weight excluding hydrogens is 319 g/mol. The lowest BCUT2D eigenvalue weighted by Crippen LogP contribution is -2.49. The smallest absolute Gasteiger partial charge is 0.263 e. The van der Waals surface area contributed by atoms with Crippen molar-refractivity contribution in [2.45, 2.75) is 57.6 Å². The van der Waals surface area contributed by atoms with Gasteiger partial charge in [0, 0.05) is 19.1 Å². The van der Waals surface area contributed by atoms with Crippen LogP contribution < -0.4 is 4.74 Å². The van der Waals surface area contributed by atoms with Gasteiger partial charge in [0.2, 0.25) is 0 Å². The second-order valence-corrected chi connectivity index (χ2v) is 7.21. The third-order valence-corrected chi connectivity index (χ3v) is 5.38. The molecule has 4 nitrogen and oxygen atoms in total. The fourth-order valence-electron chi connectivity index (χ4n) is 3.94. The van der Waals surface area contributed by atoms with Gasteiger partial charge in [-0.25, -0.2) is 4.39 Å². The predicted octanol–water partition coefficient (Wildman–Crippen LogP) is 3.46. The van der Waals surface area contributed by atoms with E-state index in [2.05, 4.69) is 4.90 Å². The molecule has 2 aliphatic heterocycles. The van der Waals surface area contributed by atoms with Crippen LogP contribution in [0.4, 0.5) is 4.39 Å². The second kappa shape index (κ2) is 8.65. The largest absolute Gasteiger partial charge is 0.478 e. The van der Waals surface area contributed by atoms with Crippen molar-refractivity contribution >= 4 is 5.91 Å². The first-order chi connectivity index (χ1) is 12.1. The molecule has 2 fully saturated rings. The van der Waals surface area contributed by atoms with Crippen LogP contribution in [0.5, 0.6) is 5.75 Å². The van der Waals surface area contributed by atoms with E-state index in [0.29, 0.717) is 0 Å². The minimum absolute atomic E-state index is 0.0191. The van der Waals surface area contributed by atoms with E-state index in [1.54, 1.807) is 25.1 Å². The summed E-state index contributed by atoms with van der Waals surface area (Å²) >= 11 is 0. The number of halogens is 1. The molecule has 1 aromatic rings. The van der Waals surface area contributed by atoms with E-state index in [1.807, 2.05) is 4.90 Å². The molecule has 0 aliphatic carbocycles. The molecule has 0 radical (unpaired) electrons. The summed E-state index contributed by atoms with van der Waals surface area (Å²) in [6, 6.07) is 6.55. The Morgan fingerprint density at radius 2 is 1.92 bits per heavy atom. The summed E-state index contributed by atoms with van der Waals surface area (Å²) in [6.45, 7) is 5.95. The van der Waals surface area contributed by atoms with Crippen LogP contribution in [0.3, 0.4) is 0 Å². The zero-order valence-electron chi connectivity index (χ0n) is 15.1. The van der Waals surface area contributed by atoms with Crippen molar-refractivity contribution in [3.05, 3.63) is 30.1 Å². The van der Waals surface area contributed by atoms with Gasteiger partial charge in [-0.2, -0.15) is 0 Å². The minimum atomic E-state index is -0.663. The highest BCUT2D eigenvalue weighted by Gasteiger charge is 2.31. The molecule has 1 aromatic carbocycles. The van der Waals surface area contributed by atoms with Crippen LogP contribution in [0.25, 0.3) is 0 Å². The average Bonchev–Trinajstić information content (AvgIpc) is 3.15. The monoisotopic (exact) mass is 348 g/mol. The quantitative estimate of drug-likeness (QED) is 0.789. The summed E-state index contributed by atoms with van der Waals surface area (Å²) in [7, 11) is 0. The van der Waals surface area contributed by atoms with E-state index >= 15 is 0 Å². The number of piperidine rings is 1. The Bertz CT molecular complexity index is 575. The molecule has 0 aromatic heterocycles. The first-order valence-electron chi connectivity index (χ1n) is 9.59. The molecular formula is C20H29FN2O2. The summed E-state index contributed by atoms with van der Waals surface area (Å²) in [4.78, 5) is 17.4. The Kier molecular flexibility index (Phi) is 6.29. The Morgan fingerprint density at radius 3 is 2.68 bits per heavy atom. The van der Waals surface area contributed by atoms with Gasteiger partial charge in [0.15, 0.2) is 17.7 Å². The van der Waals surface area contributed by atoms with Gasteiger partial charge in [0.05, 0.1) is 0 Å². The third-order valence-electron chi connectivity index (χ3n) is 5.38. The van der Waals surface area contributed by atoms with Crippen LogP contribution >= 0.6 is 0 Å². The molecule has 2 aliphatic rings. The highest BCUT2D eigenvalue weighted by molar-refractivity contribution is 5.81. The van der Waals surface area contributed by atoms with Gasteiger partial charge < -0.3 is 14.5 Å². The summed E-state index contributed by atoms with van der Waals surface area (Å²) < 4.78 is 19.4. The van der Waals surface area contributed by atoms with Gasteiger partial charge in [0.1, 0.15) is 0 Å². The van der Waals surface area contributed by atoms with Crippen molar-refractivity contribution < 1.29 is 13.9 Å². The number of carbonyl (C=O) groups is 1. The lowest BCUT2D eigenvalue weighted by atomic mass is 9.98. The lowest BCUT2D eigenvalue weighted by Gasteiger charge is -2.38. The van der Waals surface area contributed by atoms with Crippen molar-refractivity contribution in [2.24, 2.45) is 0 Å². The number of hydrogen-bond acceptors (Lipinski definition) is 3. The van der Waals surface area contributed by atoms with Crippen molar-refractivity contribution in [2.75, 3.05) is 26.2 Å². The summed E-state index contributed by atoms with van der Waals surface area (Å²) in [5, 5.41) is 0. The topological polar surface area (TPSA) is 32.8 Å². The third kappa shape index (κ3) is 4.72. The van der Waals surface area contributed by atoms with Crippen molar-refractivity contribution in [3.8, 4) is 5.75 Å². The molecule has 1 amide bonds. The molecule has 25 heavy (non-hydrogen) atoms. The number of ether oxygens (including phenoxy) is 1. The number of hydrogen-bond donors (Lipinski definition) is 0. The number of amides is 1. The molecule has 3 rings (SSSR count). The van der Waals surface area contributed by atoms with E-state index in [4.69, 9.17) is 4.74 Å². The maximum atomic E-state index is 13.8. The van der Waals surface area contributed by atoms with Crippen molar-refractivity contribution in [3.63, 3.8) is 0 Å². The molecule has 0 bridgehead atoms. The summed E-state index contributed by atoms with van der Waals surface area (Å²) in [5.41, 5.74) is 0. The highest BCUT2D eigenvalue weighted by Crippen LogP contribution is 2.24. The molecule has 2 saturated heterocycles. The van der Waals surface area contributed by atoms with Crippen LogP contribution in [0.2, 0.25) is 0 Å². The van der Waals surface area contributed by atoms with E-state index in [-0.39, 0.29) is 17.7 Å². The fraction of sp³-hybridized carbons (Fsp3) is 0.650. The van der Waals surface area contributed by atoms with Gasteiger partial charge in [-0.3, -0.25) is 4.79 Å². The molecule has 138 valence electrons. The maximum Gasteiger partial charge on any atom is 0.263 e. The Hall–Kier alpha value is -1.62. The van der Waals surface area contributed by atoms with Crippen molar-refractivity contribution in [1.82, 2.24) is 9.80 Å². The molecule has 2 atom stereocenters. The van der Waals surface area contributed by atoms with E-state index in [9.17, 15) is 9.18 Å². The molecule has 0 unspecified atom stereocenters. The number of para-hydroxylation sites is 1. The Balaban J connectivity index is 1.58. The molecule has 0 N–H and O–H groups in total. The van der Waals surface area contributed by atoms with Gasteiger partial charge in [-0.05, 0) is 70.7 Å². The van der Waals surface area contributed by atoms with Crippen LogP contribution in [0, 0.1) is 5.82 Å². The van der Waals surface area contributed by atoms with Crippen LogP contribution in [-0.2, 0) is 4.79 Å². The van der Waals surface area contributed by atoms with Crippen LogP contribution in [0.1, 0.15) is 45.4 Å². The van der Waals surface area contributed by atoms with E-state index in [0.717, 1.165) is 32.4 Å². The van der Waals surface area contributed by atoms with Gasteiger partial charge in [-0.15, -0.1) is 0 Å². The predicted molar refractivity (Wildman–Crippen MR) is 96.1 cm³/mol. The normalized spacial score (nSPS) is 22.8. The van der Waals surface area contributed by atoms with Gasteiger partial charge >= 0.3 is 0 Å². The number of rotatable bonds is 6. The Labute approximate surface area is 149 Å². The first-order valence-corrected chi connectivity index (χ1v) is 9.59. The zero-order chi connectivity index (χ0) is 17.6. The SMILES string of the molecule is C[C@H](Oc1ccccc1F)C(=O)N1CCCC[C@@H]1CCN1CCCC1.